The predicted octanol–water partition coefficient (Wildman–Crippen LogP) is 2.80. The summed E-state index contributed by atoms with van der Waals surface area (Å²) in [5.74, 6) is -1.08. The lowest BCUT2D eigenvalue weighted by Crippen LogP contribution is -2.45. The second-order valence-electron chi connectivity index (χ2n) is 5.55. The monoisotopic (exact) mass is 275 g/mol. The minimum absolute atomic E-state index is 0.0534. The summed E-state index contributed by atoms with van der Waals surface area (Å²) in [6.45, 7) is 5.88. The van der Waals surface area contributed by atoms with Crippen LogP contribution in [-0.4, -0.2) is 34.0 Å². The van der Waals surface area contributed by atoms with Gasteiger partial charge in [-0.25, -0.2) is 0 Å². The van der Waals surface area contributed by atoms with Crippen molar-refractivity contribution in [3.63, 3.8) is 0 Å². The van der Waals surface area contributed by atoms with Crippen LogP contribution in [0.1, 0.15) is 32.8 Å². The third-order valence-electron chi connectivity index (χ3n) is 2.84. The first-order valence-electron chi connectivity index (χ1n) is 6.57. The van der Waals surface area contributed by atoms with Gasteiger partial charge in [-0.2, -0.15) is 0 Å². The highest BCUT2D eigenvalue weighted by atomic mass is 16.4. The number of nitrogens with zero attached hydrogens (tertiary/aromatic N) is 1. The molecule has 0 saturated carbocycles. The van der Waals surface area contributed by atoms with Crippen molar-refractivity contribution in [3.05, 3.63) is 42.0 Å². The third kappa shape index (κ3) is 5.26. The summed E-state index contributed by atoms with van der Waals surface area (Å²) in [7, 11) is 0. The molecule has 1 N–H and O–H groups in total. The van der Waals surface area contributed by atoms with Crippen molar-refractivity contribution in [1.29, 1.82) is 0 Å². The van der Waals surface area contributed by atoms with Gasteiger partial charge in [0.2, 0.25) is 5.91 Å². The van der Waals surface area contributed by atoms with Crippen LogP contribution >= 0.6 is 0 Å². The Bertz CT molecular complexity index is 486. The van der Waals surface area contributed by atoms with Crippen LogP contribution in [0.5, 0.6) is 0 Å². The summed E-state index contributed by atoms with van der Waals surface area (Å²) in [6, 6.07) is 9.52. The maximum absolute atomic E-state index is 12.2. The number of hydrogen-bond donors (Lipinski definition) is 1. The summed E-state index contributed by atoms with van der Waals surface area (Å²) in [6.07, 6.45) is 3.17. The molecule has 0 atom stereocenters. The first-order valence-corrected chi connectivity index (χ1v) is 6.57. The largest absolute Gasteiger partial charge is 0.481 e. The van der Waals surface area contributed by atoms with E-state index in [0.29, 0.717) is 0 Å². The number of hydrogen-bond acceptors (Lipinski definition) is 2. The molecule has 4 nitrogen and oxygen atoms in total. The number of carbonyl (C=O) groups excluding carboxylic acids is 1. The predicted molar refractivity (Wildman–Crippen MR) is 79.2 cm³/mol. The summed E-state index contributed by atoms with van der Waals surface area (Å²) in [4.78, 5) is 24.5. The van der Waals surface area contributed by atoms with Crippen LogP contribution in [0.15, 0.2) is 36.4 Å². The van der Waals surface area contributed by atoms with Crippen LogP contribution in [0.4, 0.5) is 0 Å². The molecule has 0 spiro atoms. The Morgan fingerprint density at radius 1 is 1.20 bits per heavy atom. The number of benzene rings is 1. The van der Waals surface area contributed by atoms with E-state index in [2.05, 4.69) is 0 Å². The van der Waals surface area contributed by atoms with E-state index in [1.807, 2.05) is 51.1 Å². The van der Waals surface area contributed by atoms with Crippen molar-refractivity contribution in [2.75, 3.05) is 6.54 Å². The molecule has 0 aliphatic rings. The van der Waals surface area contributed by atoms with Gasteiger partial charge < -0.3 is 10.0 Å². The van der Waals surface area contributed by atoms with Crippen molar-refractivity contribution in [3.8, 4) is 0 Å². The average molecular weight is 275 g/mol. The molecule has 0 radical (unpaired) electrons. The van der Waals surface area contributed by atoms with Crippen molar-refractivity contribution in [2.24, 2.45) is 0 Å². The van der Waals surface area contributed by atoms with Crippen LogP contribution < -0.4 is 0 Å². The Morgan fingerprint density at radius 2 is 1.80 bits per heavy atom. The molecule has 0 saturated heterocycles. The number of amides is 1. The zero-order valence-corrected chi connectivity index (χ0v) is 12.2. The molecule has 0 aliphatic carbocycles. The van der Waals surface area contributed by atoms with Crippen molar-refractivity contribution in [1.82, 2.24) is 4.90 Å². The molecule has 1 aromatic rings. The minimum atomic E-state index is -0.904. The second kappa shape index (κ2) is 6.89. The minimum Gasteiger partial charge on any atom is -0.481 e. The zero-order valence-electron chi connectivity index (χ0n) is 12.2. The lowest BCUT2D eigenvalue weighted by molar-refractivity contribution is -0.139. The molecule has 0 fully saturated rings. The van der Waals surface area contributed by atoms with Gasteiger partial charge in [0.05, 0.1) is 6.42 Å². The van der Waals surface area contributed by atoms with Gasteiger partial charge in [-0.3, -0.25) is 9.59 Å². The molecule has 108 valence electrons. The van der Waals surface area contributed by atoms with Gasteiger partial charge in [-0.05, 0) is 32.4 Å². The van der Waals surface area contributed by atoms with Crippen LogP contribution in [-0.2, 0) is 9.59 Å². The summed E-state index contributed by atoms with van der Waals surface area (Å²) >= 11 is 0. The fraction of sp³-hybridized carbons (Fsp3) is 0.375. The van der Waals surface area contributed by atoms with Gasteiger partial charge in [-0.1, -0.05) is 30.3 Å². The van der Waals surface area contributed by atoms with Crippen molar-refractivity contribution >= 4 is 18.0 Å². The first kappa shape index (κ1) is 16.0. The topological polar surface area (TPSA) is 57.6 Å². The Morgan fingerprint density at radius 3 is 2.30 bits per heavy atom. The molecule has 0 bridgehead atoms. The molecule has 0 aliphatic heterocycles. The molecular formula is C16H21NO3. The Kier molecular flexibility index (Phi) is 5.50. The number of carboxylic acid groups (broad SMARTS) is 1. The van der Waals surface area contributed by atoms with Gasteiger partial charge >= 0.3 is 5.97 Å². The fourth-order valence-corrected chi connectivity index (χ4v) is 1.81. The Hall–Kier alpha value is -2.10. The van der Waals surface area contributed by atoms with Gasteiger partial charge in [0.25, 0.3) is 0 Å². The first-order chi connectivity index (χ1) is 9.30. The third-order valence-corrected chi connectivity index (χ3v) is 2.84. The maximum Gasteiger partial charge on any atom is 0.305 e. The molecule has 1 rings (SSSR count). The Labute approximate surface area is 119 Å². The van der Waals surface area contributed by atoms with E-state index in [9.17, 15) is 9.59 Å². The van der Waals surface area contributed by atoms with E-state index in [1.54, 1.807) is 11.0 Å². The normalized spacial score (nSPS) is 11.6. The van der Waals surface area contributed by atoms with E-state index < -0.39 is 11.5 Å². The quantitative estimate of drug-likeness (QED) is 0.841. The molecule has 20 heavy (non-hydrogen) atoms. The molecule has 0 unspecified atom stereocenters. The lowest BCUT2D eigenvalue weighted by atomic mass is 10.1. The van der Waals surface area contributed by atoms with E-state index in [4.69, 9.17) is 5.11 Å². The van der Waals surface area contributed by atoms with Crippen molar-refractivity contribution in [2.45, 2.75) is 32.7 Å². The highest BCUT2D eigenvalue weighted by Crippen LogP contribution is 2.15. The van der Waals surface area contributed by atoms with Crippen LogP contribution in [0.25, 0.3) is 6.08 Å². The van der Waals surface area contributed by atoms with Crippen LogP contribution in [0.3, 0.4) is 0 Å². The van der Waals surface area contributed by atoms with E-state index in [-0.39, 0.29) is 18.9 Å². The van der Waals surface area contributed by atoms with E-state index in [0.717, 1.165) is 5.56 Å². The highest BCUT2D eigenvalue weighted by Gasteiger charge is 2.25. The second-order valence-corrected chi connectivity index (χ2v) is 5.55. The van der Waals surface area contributed by atoms with Crippen LogP contribution in [0, 0.1) is 0 Å². The molecule has 1 amide bonds. The summed E-state index contributed by atoms with van der Waals surface area (Å²) in [5, 5.41) is 8.76. The van der Waals surface area contributed by atoms with E-state index >= 15 is 0 Å². The number of carbonyl (C=O) groups is 2. The average Bonchev–Trinajstić information content (AvgIpc) is 2.35. The fourth-order valence-electron chi connectivity index (χ4n) is 1.81. The number of rotatable bonds is 5. The molecule has 4 heteroatoms. The smallest absolute Gasteiger partial charge is 0.305 e. The summed E-state index contributed by atoms with van der Waals surface area (Å²) in [5.41, 5.74) is 0.529. The summed E-state index contributed by atoms with van der Waals surface area (Å²) < 4.78 is 0. The van der Waals surface area contributed by atoms with Crippen molar-refractivity contribution < 1.29 is 14.7 Å². The van der Waals surface area contributed by atoms with Gasteiger partial charge in [0.15, 0.2) is 0 Å². The zero-order chi connectivity index (χ0) is 15.2. The maximum atomic E-state index is 12.2. The molecule has 1 aromatic carbocycles. The number of carboxylic acids is 1. The van der Waals surface area contributed by atoms with Crippen LogP contribution in [0.2, 0.25) is 0 Å². The highest BCUT2D eigenvalue weighted by molar-refractivity contribution is 5.92. The van der Waals surface area contributed by atoms with Gasteiger partial charge in [0, 0.05) is 18.2 Å². The standard InChI is InChI=1S/C16H21NO3/c1-16(2,3)17(12-11-15(19)20)14(18)10-9-13-7-5-4-6-8-13/h4-10H,11-12H2,1-3H3,(H,19,20)/b10-9+. The molecule has 0 heterocycles. The molecule has 0 aromatic heterocycles. The number of aliphatic carboxylic acids is 1. The Balaban J connectivity index is 2.78. The SMILES string of the molecule is CC(C)(C)N(CCC(=O)O)C(=O)/C=C/c1ccccc1. The van der Waals surface area contributed by atoms with Gasteiger partial charge in [0.1, 0.15) is 0 Å². The van der Waals surface area contributed by atoms with E-state index in [1.165, 1.54) is 6.08 Å². The van der Waals surface area contributed by atoms with Gasteiger partial charge in [-0.15, -0.1) is 0 Å². The lowest BCUT2D eigenvalue weighted by Gasteiger charge is -2.34. The molecular weight excluding hydrogens is 254 g/mol.